The first-order valence-electron chi connectivity index (χ1n) is 13.2. The number of ether oxygens (including phenoxy) is 3. The van der Waals surface area contributed by atoms with Crippen LogP contribution in [-0.4, -0.2) is 78.7 Å². The van der Waals surface area contributed by atoms with Crippen LogP contribution in [-0.2, 0) is 20.7 Å². The number of hydrogen-bond acceptors (Lipinski definition) is 7. The number of morpholine rings is 1. The van der Waals surface area contributed by atoms with Gasteiger partial charge in [0.15, 0.2) is 0 Å². The summed E-state index contributed by atoms with van der Waals surface area (Å²) in [7, 11) is 0. The zero-order chi connectivity index (χ0) is 26.6. The van der Waals surface area contributed by atoms with Crippen molar-refractivity contribution in [2.45, 2.75) is 31.9 Å². The van der Waals surface area contributed by atoms with Crippen LogP contribution in [0.5, 0.6) is 11.5 Å². The number of rotatable bonds is 9. The second kappa shape index (κ2) is 11.4. The molecule has 38 heavy (non-hydrogen) atoms. The lowest BCUT2D eigenvalue weighted by Gasteiger charge is -2.29. The number of carbonyl (C=O) groups is 2. The van der Waals surface area contributed by atoms with Gasteiger partial charge in [0.1, 0.15) is 30.0 Å². The molecule has 0 saturated carbocycles. The van der Waals surface area contributed by atoms with Gasteiger partial charge in [-0.25, -0.2) is 0 Å². The molecule has 0 unspecified atom stereocenters. The van der Waals surface area contributed by atoms with Crippen molar-refractivity contribution < 1.29 is 28.9 Å². The van der Waals surface area contributed by atoms with Gasteiger partial charge in [-0.15, -0.1) is 0 Å². The van der Waals surface area contributed by atoms with Gasteiger partial charge in [-0.3, -0.25) is 14.5 Å². The van der Waals surface area contributed by atoms with Crippen molar-refractivity contribution in [2.75, 3.05) is 46.0 Å². The molecule has 0 spiro atoms. The molecule has 3 aliphatic rings. The molecule has 1 N–H and O–H groups in total. The Kier molecular flexibility index (Phi) is 7.81. The van der Waals surface area contributed by atoms with Gasteiger partial charge in [0.25, 0.3) is 11.7 Å². The van der Waals surface area contributed by atoms with E-state index in [9.17, 15) is 14.7 Å². The molecule has 0 bridgehead atoms. The molecular weight excluding hydrogens is 484 g/mol. The minimum Gasteiger partial charge on any atom is -0.507 e. The highest BCUT2D eigenvalue weighted by Crippen LogP contribution is 2.41. The van der Waals surface area contributed by atoms with Gasteiger partial charge in [-0.2, -0.15) is 0 Å². The highest BCUT2D eigenvalue weighted by atomic mass is 16.5. The molecule has 3 heterocycles. The van der Waals surface area contributed by atoms with Gasteiger partial charge in [0.2, 0.25) is 0 Å². The summed E-state index contributed by atoms with van der Waals surface area (Å²) < 4.78 is 17.0. The van der Waals surface area contributed by atoms with Gasteiger partial charge >= 0.3 is 0 Å². The van der Waals surface area contributed by atoms with Crippen molar-refractivity contribution in [2.24, 2.45) is 0 Å². The van der Waals surface area contributed by atoms with Crippen molar-refractivity contribution in [1.82, 2.24) is 9.80 Å². The van der Waals surface area contributed by atoms with Crippen LogP contribution in [0, 0.1) is 0 Å². The Hall–Kier alpha value is -3.62. The van der Waals surface area contributed by atoms with E-state index in [0.29, 0.717) is 49.7 Å². The summed E-state index contributed by atoms with van der Waals surface area (Å²) >= 11 is 0. The zero-order valence-electron chi connectivity index (χ0n) is 21.7. The van der Waals surface area contributed by atoms with Gasteiger partial charge in [0.05, 0.1) is 24.8 Å². The fraction of sp³-hybridized carbons (Fsp3) is 0.400. The Morgan fingerprint density at radius 3 is 2.76 bits per heavy atom. The molecule has 2 fully saturated rings. The molecule has 0 aromatic heterocycles. The van der Waals surface area contributed by atoms with Crippen LogP contribution in [0.15, 0.2) is 60.7 Å². The minimum atomic E-state index is -0.726. The first-order chi connectivity index (χ1) is 18.5. The van der Waals surface area contributed by atoms with E-state index in [4.69, 9.17) is 14.2 Å². The van der Waals surface area contributed by atoms with E-state index in [2.05, 4.69) is 11.5 Å². The molecule has 8 heteroatoms. The van der Waals surface area contributed by atoms with Gasteiger partial charge < -0.3 is 24.2 Å². The van der Waals surface area contributed by atoms with Crippen molar-refractivity contribution in [1.29, 1.82) is 0 Å². The third-order valence-electron chi connectivity index (χ3n) is 7.23. The fourth-order valence-electron chi connectivity index (χ4n) is 5.40. The topological polar surface area (TPSA) is 88.5 Å². The largest absolute Gasteiger partial charge is 0.507 e. The van der Waals surface area contributed by atoms with E-state index in [0.717, 1.165) is 37.4 Å². The standard InChI is InChI=1S/C30H34N2O6/c1-3-14-37-24-7-4-6-21(19-24)27-26(28(33)22-8-9-25-23(18-22)17-20(2)38-25)29(34)30(35)32(27)11-5-10-31-12-15-36-16-13-31/h3-4,6-9,18-20,27,33H,1,5,10-17H2,2H3/b28-26+/t20-,27+/m0/s1. The Morgan fingerprint density at radius 2 is 1.97 bits per heavy atom. The fourth-order valence-corrected chi connectivity index (χ4v) is 5.40. The minimum absolute atomic E-state index is 0.0535. The summed E-state index contributed by atoms with van der Waals surface area (Å²) in [4.78, 5) is 30.6. The number of carbonyl (C=O) groups excluding carboxylic acids is 2. The molecule has 0 aliphatic carbocycles. The van der Waals surface area contributed by atoms with Gasteiger partial charge in [-0.1, -0.05) is 24.8 Å². The molecule has 200 valence electrons. The third-order valence-corrected chi connectivity index (χ3v) is 7.23. The Morgan fingerprint density at radius 1 is 1.16 bits per heavy atom. The number of Topliss-reactive ketones (excluding diaryl/α,β-unsaturated/α-hetero) is 1. The number of benzene rings is 2. The molecule has 2 atom stereocenters. The van der Waals surface area contributed by atoms with E-state index in [1.807, 2.05) is 43.3 Å². The summed E-state index contributed by atoms with van der Waals surface area (Å²) in [6.07, 6.45) is 3.13. The normalized spacial score (nSPS) is 22.8. The number of aliphatic hydroxyl groups excluding tert-OH is 1. The Bertz CT molecular complexity index is 1250. The molecule has 1 amide bonds. The average molecular weight is 519 g/mol. The third kappa shape index (κ3) is 5.33. The van der Waals surface area contributed by atoms with Crippen molar-refractivity contribution >= 4 is 17.4 Å². The lowest BCUT2D eigenvalue weighted by Crippen LogP contribution is -2.38. The zero-order valence-corrected chi connectivity index (χ0v) is 21.7. The van der Waals surface area contributed by atoms with Crippen LogP contribution in [0.1, 0.15) is 36.1 Å². The summed E-state index contributed by atoms with van der Waals surface area (Å²) in [6.45, 7) is 10.3. The molecule has 2 saturated heterocycles. The van der Waals surface area contributed by atoms with Crippen LogP contribution < -0.4 is 9.47 Å². The molecule has 0 radical (unpaired) electrons. The first kappa shape index (κ1) is 26.0. The number of likely N-dealkylation sites (tertiary alicyclic amines) is 1. The second-order valence-corrected chi connectivity index (χ2v) is 9.93. The van der Waals surface area contributed by atoms with Crippen LogP contribution in [0.25, 0.3) is 5.76 Å². The molecule has 8 nitrogen and oxygen atoms in total. The summed E-state index contributed by atoms with van der Waals surface area (Å²) in [6, 6.07) is 12.0. The molecule has 5 rings (SSSR count). The van der Waals surface area contributed by atoms with Crippen LogP contribution in [0.2, 0.25) is 0 Å². The van der Waals surface area contributed by atoms with Crippen molar-refractivity contribution in [3.8, 4) is 11.5 Å². The summed E-state index contributed by atoms with van der Waals surface area (Å²) in [5, 5.41) is 11.5. The van der Waals surface area contributed by atoms with E-state index < -0.39 is 17.7 Å². The number of aliphatic hydroxyl groups is 1. The second-order valence-electron chi connectivity index (χ2n) is 9.93. The molecule has 2 aromatic rings. The number of ketones is 1. The number of hydrogen-bond donors (Lipinski definition) is 1. The van der Waals surface area contributed by atoms with E-state index >= 15 is 0 Å². The monoisotopic (exact) mass is 518 g/mol. The highest BCUT2D eigenvalue weighted by molar-refractivity contribution is 6.46. The lowest BCUT2D eigenvalue weighted by atomic mass is 9.94. The van der Waals surface area contributed by atoms with Crippen molar-refractivity contribution in [3.63, 3.8) is 0 Å². The first-order valence-corrected chi connectivity index (χ1v) is 13.2. The number of amides is 1. The van der Waals surface area contributed by atoms with Crippen LogP contribution in [0.3, 0.4) is 0 Å². The maximum Gasteiger partial charge on any atom is 0.295 e. The number of fused-ring (bicyclic) bond motifs is 1. The van der Waals surface area contributed by atoms with E-state index in [-0.39, 0.29) is 17.4 Å². The van der Waals surface area contributed by atoms with Gasteiger partial charge in [-0.05, 0) is 54.8 Å². The Balaban J connectivity index is 1.49. The molecular formula is C30H34N2O6. The summed E-state index contributed by atoms with van der Waals surface area (Å²) in [5.41, 5.74) is 2.26. The summed E-state index contributed by atoms with van der Waals surface area (Å²) in [5.74, 6) is -0.0783. The average Bonchev–Trinajstić information content (AvgIpc) is 3.43. The van der Waals surface area contributed by atoms with Crippen molar-refractivity contribution in [3.05, 3.63) is 77.4 Å². The maximum atomic E-state index is 13.4. The quantitative estimate of drug-likeness (QED) is 0.234. The van der Waals surface area contributed by atoms with Crippen LogP contribution >= 0.6 is 0 Å². The molecule has 3 aliphatic heterocycles. The number of nitrogens with zero attached hydrogens (tertiary/aromatic N) is 2. The SMILES string of the molecule is C=CCOc1cccc([C@@H]2/C(=C(\O)c3ccc4c(c3)C[C@H](C)O4)C(=O)C(=O)N2CCCN2CCOCC2)c1. The molecule has 2 aromatic carbocycles. The van der Waals surface area contributed by atoms with E-state index in [1.54, 1.807) is 17.0 Å². The smallest absolute Gasteiger partial charge is 0.295 e. The van der Waals surface area contributed by atoms with Crippen LogP contribution in [0.4, 0.5) is 0 Å². The van der Waals surface area contributed by atoms with E-state index in [1.165, 1.54) is 0 Å². The highest BCUT2D eigenvalue weighted by Gasteiger charge is 2.46. The maximum absolute atomic E-state index is 13.4. The van der Waals surface area contributed by atoms with Gasteiger partial charge in [0, 0.05) is 38.2 Å². The lowest BCUT2D eigenvalue weighted by molar-refractivity contribution is -0.140. The Labute approximate surface area is 223 Å². The predicted octanol–water partition coefficient (Wildman–Crippen LogP) is 3.72. The predicted molar refractivity (Wildman–Crippen MR) is 143 cm³/mol.